The number of benzene rings is 2. The van der Waals surface area contributed by atoms with Crippen molar-refractivity contribution in [3.63, 3.8) is 0 Å². The van der Waals surface area contributed by atoms with Crippen LogP contribution in [-0.4, -0.2) is 34.9 Å². The first-order valence-electron chi connectivity index (χ1n) is 12.4. The minimum atomic E-state index is -0.160. The van der Waals surface area contributed by atoms with E-state index in [1.54, 1.807) is 43.8 Å². The quantitative estimate of drug-likeness (QED) is 0.118. The van der Waals surface area contributed by atoms with E-state index in [-0.39, 0.29) is 15.7 Å². The van der Waals surface area contributed by atoms with Crippen LogP contribution in [0.25, 0.3) is 11.3 Å². The summed E-state index contributed by atoms with van der Waals surface area (Å²) in [5.74, 6) is 2.34. The molecule has 12 heteroatoms. The van der Waals surface area contributed by atoms with E-state index < -0.39 is 0 Å². The number of aromatic nitrogens is 1. The van der Waals surface area contributed by atoms with Gasteiger partial charge < -0.3 is 26.7 Å². The number of thiazole rings is 1. The fourth-order valence-corrected chi connectivity index (χ4v) is 6.03. The topological polar surface area (TPSA) is 126 Å². The van der Waals surface area contributed by atoms with Crippen LogP contribution in [0.2, 0.25) is 10.0 Å². The molecule has 1 unspecified atom stereocenters. The minimum Gasteiger partial charge on any atom is -0.495 e. The number of carbonyl (C=O) groups is 1. The molecule has 220 valence electrons. The molecule has 0 radical (unpaired) electrons. The molecule has 0 spiro atoms. The van der Waals surface area contributed by atoms with E-state index in [9.17, 15) is 4.79 Å². The molecular formula is C28H37BrCl2N4O3S2. The van der Waals surface area contributed by atoms with E-state index >= 15 is 0 Å². The van der Waals surface area contributed by atoms with Crippen LogP contribution >= 0.6 is 62.7 Å². The van der Waals surface area contributed by atoms with Gasteiger partial charge in [-0.25, -0.2) is 4.98 Å². The first-order chi connectivity index (χ1) is 18.7. The van der Waals surface area contributed by atoms with Crippen molar-refractivity contribution >= 4 is 78.7 Å². The predicted octanol–water partition coefficient (Wildman–Crippen LogP) is 7.78. The summed E-state index contributed by atoms with van der Waals surface area (Å²) in [4.78, 5) is 17.6. The van der Waals surface area contributed by atoms with Crippen molar-refractivity contribution in [2.75, 3.05) is 20.0 Å². The maximum atomic E-state index is 12.1. The fraction of sp³-hybridized carbons (Fsp3) is 0.393. The number of alkyl halides is 1. The zero-order valence-electron chi connectivity index (χ0n) is 23.5. The highest BCUT2D eigenvalue weighted by Crippen LogP contribution is 2.35. The van der Waals surface area contributed by atoms with E-state index in [2.05, 4.69) is 72.3 Å². The molecule has 0 aliphatic carbocycles. The summed E-state index contributed by atoms with van der Waals surface area (Å²) in [6.07, 6.45) is 1.77. The number of hydrogen-bond donors (Lipinski definition) is 3. The summed E-state index contributed by atoms with van der Waals surface area (Å²) >= 11 is 21.2. The third-order valence-electron chi connectivity index (χ3n) is 5.13. The van der Waals surface area contributed by atoms with E-state index in [4.69, 9.17) is 38.4 Å². The zero-order valence-corrected chi connectivity index (χ0v) is 28.2. The van der Waals surface area contributed by atoms with E-state index in [1.165, 1.54) is 4.88 Å². The monoisotopic (exact) mass is 690 g/mol. The lowest BCUT2D eigenvalue weighted by Crippen LogP contribution is -2.18. The van der Waals surface area contributed by atoms with Gasteiger partial charge in [0.25, 0.3) is 0 Å². The number of rotatable bonds is 9. The maximum Gasteiger partial charge on any atom is 0.180 e. The molecule has 7 nitrogen and oxygen atoms in total. The summed E-state index contributed by atoms with van der Waals surface area (Å²) in [7, 11) is 3.15. The molecule has 3 aromatic rings. The molecule has 0 saturated carbocycles. The summed E-state index contributed by atoms with van der Waals surface area (Å²) in [5, 5.41) is 1.64. The van der Waals surface area contributed by atoms with Crippen molar-refractivity contribution < 1.29 is 14.3 Å². The molecule has 1 heterocycles. The second-order valence-electron chi connectivity index (χ2n) is 9.48. The summed E-state index contributed by atoms with van der Waals surface area (Å²) in [5.41, 5.74) is 17.6. The Balaban J connectivity index is 0.000000355. The lowest BCUT2D eigenvalue weighted by Gasteiger charge is -2.12. The fourth-order valence-electron chi connectivity index (χ4n) is 3.44. The van der Waals surface area contributed by atoms with Crippen molar-refractivity contribution in [2.24, 2.45) is 23.3 Å². The van der Waals surface area contributed by atoms with Crippen molar-refractivity contribution in [3.8, 4) is 22.8 Å². The number of nitrogens with zero attached hydrogens (tertiary/aromatic N) is 1. The number of nitrogens with two attached hydrogens (primary N) is 3. The van der Waals surface area contributed by atoms with Crippen LogP contribution in [0.5, 0.6) is 11.5 Å². The van der Waals surface area contributed by atoms with Gasteiger partial charge in [-0.3, -0.25) is 4.79 Å². The van der Waals surface area contributed by atoms with Gasteiger partial charge in [0.2, 0.25) is 0 Å². The minimum absolute atomic E-state index is 0.000000000000000222. The highest BCUT2D eigenvalue weighted by Gasteiger charge is 2.19. The molecule has 6 N–H and O–H groups in total. The van der Waals surface area contributed by atoms with Gasteiger partial charge in [0, 0.05) is 16.0 Å². The normalized spacial score (nSPS) is 11.2. The largest absolute Gasteiger partial charge is 0.495 e. The molecule has 0 amide bonds. The lowest BCUT2D eigenvalue weighted by atomic mass is 10.0. The molecule has 0 bridgehead atoms. The Bertz CT molecular complexity index is 1270. The molecule has 40 heavy (non-hydrogen) atoms. The number of ether oxygens (including phenoxy) is 2. The second-order valence-corrected chi connectivity index (χ2v) is 13.0. The van der Waals surface area contributed by atoms with E-state index in [0.29, 0.717) is 44.1 Å². The molecule has 2 aromatic carbocycles. The van der Waals surface area contributed by atoms with Gasteiger partial charge in [0.1, 0.15) is 11.5 Å². The van der Waals surface area contributed by atoms with Crippen LogP contribution in [0.3, 0.4) is 0 Å². The standard InChI is InChI=1S/C14H17ClN2OS.C13H16BrClO2.CH4N2S/c1-8(2)6-12-13(17-14(16)19-12)9-4-5-11(18-3)10(15)7-9;1-8(2)6-10(14)13(16)9-4-5-12(17-3)11(15)7-9;2-1(3)4/h4-5,7-8H,6H2,1-3H3,(H2,16,17);4-5,7-8,10H,6H2,1-3H3;(H4,2,3,4). The van der Waals surface area contributed by atoms with Crippen LogP contribution in [0.15, 0.2) is 36.4 Å². The number of nitrogen functional groups attached to an aromatic ring is 1. The lowest BCUT2D eigenvalue weighted by molar-refractivity contribution is 0.0984. The Labute approximate surface area is 264 Å². The third kappa shape index (κ3) is 12.2. The molecule has 0 aliphatic heterocycles. The highest BCUT2D eigenvalue weighted by atomic mass is 79.9. The van der Waals surface area contributed by atoms with Crippen LogP contribution in [-0.2, 0) is 6.42 Å². The Morgan fingerprint density at radius 2 is 1.52 bits per heavy atom. The number of methoxy groups -OCH3 is 2. The molecule has 0 saturated heterocycles. The first-order valence-corrected chi connectivity index (χ1v) is 15.2. The van der Waals surface area contributed by atoms with Crippen molar-refractivity contribution in [2.45, 2.75) is 45.4 Å². The van der Waals surface area contributed by atoms with Crippen LogP contribution in [0.1, 0.15) is 49.4 Å². The zero-order chi connectivity index (χ0) is 30.6. The van der Waals surface area contributed by atoms with Crippen LogP contribution < -0.4 is 26.7 Å². The molecule has 1 aromatic heterocycles. The van der Waals surface area contributed by atoms with Crippen molar-refractivity contribution in [3.05, 3.63) is 56.9 Å². The SMILES string of the molecule is COc1ccc(-c2nc(N)sc2CC(C)C)cc1Cl.COc1ccc(C(=O)C(Br)CC(C)C)cc1Cl.NC(N)=S. The van der Waals surface area contributed by atoms with Crippen LogP contribution in [0.4, 0.5) is 5.13 Å². The van der Waals surface area contributed by atoms with Gasteiger partial charge in [0.05, 0.1) is 34.8 Å². The second kappa shape index (κ2) is 17.6. The molecular weight excluding hydrogens is 655 g/mol. The summed E-state index contributed by atoms with van der Waals surface area (Å²) in [6.45, 7) is 8.53. The highest BCUT2D eigenvalue weighted by molar-refractivity contribution is 9.10. The molecule has 1 atom stereocenters. The van der Waals surface area contributed by atoms with Crippen molar-refractivity contribution in [1.82, 2.24) is 4.98 Å². The van der Waals surface area contributed by atoms with Gasteiger partial charge in [-0.05, 0) is 73.3 Å². The third-order valence-corrected chi connectivity index (χ3v) is 7.42. The predicted molar refractivity (Wildman–Crippen MR) is 178 cm³/mol. The Morgan fingerprint density at radius 1 is 1.00 bits per heavy atom. The average Bonchev–Trinajstić information content (AvgIpc) is 3.22. The maximum absolute atomic E-state index is 12.1. The summed E-state index contributed by atoms with van der Waals surface area (Å²) in [6, 6.07) is 10.8. The Morgan fingerprint density at radius 3 is 1.98 bits per heavy atom. The van der Waals surface area contributed by atoms with Gasteiger partial charge in [0.15, 0.2) is 16.0 Å². The van der Waals surface area contributed by atoms with Crippen molar-refractivity contribution in [1.29, 1.82) is 0 Å². The Kier molecular flexibility index (Phi) is 15.8. The average molecular weight is 693 g/mol. The van der Waals surface area contributed by atoms with E-state index in [1.807, 2.05) is 18.2 Å². The smallest absolute Gasteiger partial charge is 0.180 e. The van der Waals surface area contributed by atoms with E-state index in [0.717, 1.165) is 24.1 Å². The number of ketones is 1. The molecule has 0 aliphatic rings. The number of Topliss-reactive ketones (excluding diaryl/α,β-unsaturated/α-hetero) is 1. The van der Waals surface area contributed by atoms with Gasteiger partial charge in [-0.1, -0.05) is 66.8 Å². The number of hydrogen-bond acceptors (Lipinski definition) is 7. The molecule has 3 rings (SSSR count). The number of carbonyl (C=O) groups excluding carboxylic acids is 1. The first kappa shape index (κ1) is 35.9. The van der Waals surface area contributed by atoms with Gasteiger partial charge in [-0.15, -0.1) is 11.3 Å². The van der Waals surface area contributed by atoms with Gasteiger partial charge in [-0.2, -0.15) is 0 Å². The number of thiocarbonyl (C=S) groups is 1. The number of halogens is 3. The number of anilines is 1. The molecule has 0 fully saturated rings. The Hall–Kier alpha value is -2.11. The van der Waals surface area contributed by atoms with Crippen LogP contribution in [0, 0.1) is 11.8 Å². The summed E-state index contributed by atoms with van der Waals surface area (Å²) < 4.78 is 10.2. The van der Waals surface area contributed by atoms with Gasteiger partial charge >= 0.3 is 0 Å².